The molecule has 0 N–H and O–H groups in total. The van der Waals surface area contributed by atoms with E-state index in [1.807, 2.05) is 0 Å². The number of carbonyl (C=O) groups is 2. The first kappa shape index (κ1) is 16.2. The lowest BCUT2D eigenvalue weighted by molar-refractivity contribution is -0.138. The third-order valence-electron chi connectivity index (χ3n) is 3.21. The quantitative estimate of drug-likeness (QED) is 0.451. The molecule has 2 rings (SSSR count). The van der Waals surface area contributed by atoms with E-state index in [2.05, 4.69) is 0 Å². The molecular weight excluding hydrogens is 317 g/mol. The zero-order valence-electron chi connectivity index (χ0n) is 11.6. The Kier molecular flexibility index (Phi) is 4.06. The van der Waals surface area contributed by atoms with Gasteiger partial charge in [-0.15, -0.1) is 0 Å². The van der Waals surface area contributed by atoms with Gasteiger partial charge in [0.1, 0.15) is 5.57 Å². The van der Waals surface area contributed by atoms with Gasteiger partial charge in [-0.3, -0.25) is 19.4 Å². The summed E-state index contributed by atoms with van der Waals surface area (Å²) >= 11 is 4.91. The van der Waals surface area contributed by atoms with Crippen LogP contribution >= 0.6 is 12.2 Å². The van der Waals surface area contributed by atoms with Crippen LogP contribution in [-0.4, -0.2) is 40.8 Å². The van der Waals surface area contributed by atoms with E-state index in [0.29, 0.717) is 0 Å². The number of rotatable bonds is 1. The predicted molar refractivity (Wildman–Crippen MR) is 77.6 cm³/mol. The van der Waals surface area contributed by atoms with Gasteiger partial charge in [0.25, 0.3) is 11.8 Å². The first-order valence-corrected chi connectivity index (χ1v) is 6.53. The molecule has 1 heterocycles. The Labute approximate surface area is 129 Å². The van der Waals surface area contributed by atoms with E-state index in [4.69, 9.17) is 12.2 Å². The number of nitrogens with zero attached hydrogens (tertiary/aromatic N) is 2. The van der Waals surface area contributed by atoms with Crippen LogP contribution in [0.15, 0.2) is 29.8 Å². The lowest BCUT2D eigenvalue weighted by atomic mass is 10.0. The predicted octanol–water partition coefficient (Wildman–Crippen LogP) is 2.30. The molecule has 22 heavy (non-hydrogen) atoms. The molecule has 0 bridgehead atoms. The standard InChI is InChI=1S/C14H11F3N2O2S/c1-18-11(20)9(12(21)19(2)13(18)22)7-8-5-3-4-6-10(8)14(15,16)17/h3-7H,1-2H3. The fourth-order valence-electron chi connectivity index (χ4n) is 2.01. The topological polar surface area (TPSA) is 40.6 Å². The zero-order valence-corrected chi connectivity index (χ0v) is 12.5. The lowest BCUT2D eigenvalue weighted by Gasteiger charge is -2.31. The van der Waals surface area contributed by atoms with E-state index >= 15 is 0 Å². The molecule has 1 saturated heterocycles. The number of thiocarbonyl (C=S) groups is 1. The summed E-state index contributed by atoms with van der Waals surface area (Å²) in [5, 5.41) is -0.00347. The number of amides is 2. The van der Waals surface area contributed by atoms with Gasteiger partial charge in [0.05, 0.1) is 5.56 Å². The molecule has 8 heteroatoms. The molecule has 1 aromatic carbocycles. The minimum absolute atomic E-state index is 0.00347. The van der Waals surface area contributed by atoms with Crippen molar-refractivity contribution in [3.63, 3.8) is 0 Å². The number of alkyl halides is 3. The van der Waals surface area contributed by atoms with Crippen molar-refractivity contribution in [1.29, 1.82) is 0 Å². The number of likely N-dealkylation sites (N-methyl/N-ethyl adjacent to an activating group) is 2. The largest absolute Gasteiger partial charge is 0.416 e. The van der Waals surface area contributed by atoms with Crippen molar-refractivity contribution in [3.05, 3.63) is 41.0 Å². The van der Waals surface area contributed by atoms with Crippen molar-refractivity contribution in [1.82, 2.24) is 9.80 Å². The Morgan fingerprint density at radius 1 is 1.05 bits per heavy atom. The minimum atomic E-state index is -4.58. The number of benzene rings is 1. The van der Waals surface area contributed by atoms with Crippen LogP contribution in [0.5, 0.6) is 0 Å². The van der Waals surface area contributed by atoms with Crippen LogP contribution in [0.4, 0.5) is 13.2 Å². The Bertz CT molecular complexity index is 672. The monoisotopic (exact) mass is 328 g/mol. The summed E-state index contributed by atoms with van der Waals surface area (Å²) in [7, 11) is 2.72. The molecule has 0 aromatic heterocycles. The molecule has 0 radical (unpaired) electrons. The Hall–Kier alpha value is -2.22. The fourth-order valence-corrected chi connectivity index (χ4v) is 2.18. The molecule has 0 spiro atoms. The fraction of sp³-hybridized carbons (Fsp3) is 0.214. The van der Waals surface area contributed by atoms with E-state index in [-0.39, 0.29) is 16.2 Å². The zero-order chi connectivity index (χ0) is 16.7. The molecule has 0 aliphatic carbocycles. The number of carbonyl (C=O) groups excluding carboxylic acids is 2. The maximum Gasteiger partial charge on any atom is 0.416 e. The van der Waals surface area contributed by atoms with Gasteiger partial charge in [0.2, 0.25) is 0 Å². The van der Waals surface area contributed by atoms with Gasteiger partial charge in [-0.05, 0) is 29.9 Å². The van der Waals surface area contributed by atoms with Crippen LogP contribution < -0.4 is 0 Å². The van der Waals surface area contributed by atoms with Gasteiger partial charge in [0, 0.05) is 14.1 Å². The number of hydrogen-bond acceptors (Lipinski definition) is 3. The van der Waals surface area contributed by atoms with Crippen LogP contribution in [0.1, 0.15) is 11.1 Å². The van der Waals surface area contributed by atoms with E-state index in [9.17, 15) is 22.8 Å². The van der Waals surface area contributed by atoms with Gasteiger partial charge in [-0.1, -0.05) is 18.2 Å². The summed E-state index contributed by atoms with van der Waals surface area (Å²) in [6.07, 6.45) is -3.64. The van der Waals surface area contributed by atoms with Gasteiger partial charge in [-0.2, -0.15) is 13.2 Å². The van der Waals surface area contributed by atoms with Crippen LogP contribution in [-0.2, 0) is 15.8 Å². The van der Waals surface area contributed by atoms with Crippen molar-refractivity contribution in [3.8, 4) is 0 Å². The molecule has 1 aliphatic rings. The maximum atomic E-state index is 13.0. The van der Waals surface area contributed by atoms with Crippen molar-refractivity contribution >= 4 is 35.2 Å². The first-order chi connectivity index (χ1) is 10.1. The van der Waals surface area contributed by atoms with E-state index < -0.39 is 23.6 Å². The molecule has 0 unspecified atom stereocenters. The molecule has 4 nitrogen and oxygen atoms in total. The third-order valence-corrected chi connectivity index (χ3v) is 3.76. The molecular formula is C14H11F3N2O2S. The van der Waals surface area contributed by atoms with E-state index in [0.717, 1.165) is 21.9 Å². The highest BCUT2D eigenvalue weighted by Gasteiger charge is 2.37. The van der Waals surface area contributed by atoms with E-state index in [1.165, 1.54) is 32.3 Å². The lowest BCUT2D eigenvalue weighted by Crippen LogP contribution is -2.52. The summed E-state index contributed by atoms with van der Waals surface area (Å²) < 4.78 is 38.9. The average Bonchev–Trinajstić information content (AvgIpc) is 2.47. The Morgan fingerprint density at radius 3 is 2.05 bits per heavy atom. The van der Waals surface area contributed by atoms with Crippen molar-refractivity contribution < 1.29 is 22.8 Å². The van der Waals surface area contributed by atoms with Crippen molar-refractivity contribution in [2.24, 2.45) is 0 Å². The van der Waals surface area contributed by atoms with Crippen molar-refractivity contribution in [2.45, 2.75) is 6.18 Å². The smallest absolute Gasteiger partial charge is 0.288 e. The molecule has 1 aliphatic heterocycles. The molecule has 2 amide bonds. The van der Waals surface area contributed by atoms with Gasteiger partial charge in [0.15, 0.2) is 5.11 Å². The highest BCUT2D eigenvalue weighted by Crippen LogP contribution is 2.33. The van der Waals surface area contributed by atoms with Gasteiger partial charge in [-0.25, -0.2) is 0 Å². The Morgan fingerprint density at radius 2 is 1.55 bits per heavy atom. The normalized spacial score (nSPS) is 16.4. The van der Waals surface area contributed by atoms with Crippen LogP contribution in [0.3, 0.4) is 0 Å². The summed E-state index contributed by atoms with van der Waals surface area (Å²) in [6.45, 7) is 0. The molecule has 1 aromatic rings. The molecule has 116 valence electrons. The van der Waals surface area contributed by atoms with Crippen LogP contribution in [0.2, 0.25) is 0 Å². The summed E-state index contributed by atoms with van der Waals surface area (Å²) in [4.78, 5) is 26.3. The second-order valence-corrected chi connectivity index (χ2v) is 5.02. The Balaban J connectivity index is 2.56. The second-order valence-electron chi connectivity index (χ2n) is 4.65. The van der Waals surface area contributed by atoms with E-state index in [1.54, 1.807) is 0 Å². The SMILES string of the molecule is CN1C(=O)C(=Cc2ccccc2C(F)(F)F)C(=O)N(C)C1=S. The molecule has 0 saturated carbocycles. The highest BCUT2D eigenvalue weighted by atomic mass is 32.1. The van der Waals surface area contributed by atoms with Crippen LogP contribution in [0, 0.1) is 0 Å². The average molecular weight is 328 g/mol. The van der Waals surface area contributed by atoms with Gasteiger partial charge < -0.3 is 0 Å². The minimum Gasteiger partial charge on any atom is -0.288 e. The van der Waals surface area contributed by atoms with Crippen LogP contribution in [0.25, 0.3) is 6.08 Å². The molecule has 0 atom stereocenters. The summed E-state index contributed by atoms with van der Waals surface area (Å²) in [5.41, 5.74) is -1.53. The molecule has 1 fully saturated rings. The highest BCUT2D eigenvalue weighted by molar-refractivity contribution is 7.80. The summed E-state index contributed by atoms with van der Waals surface area (Å²) in [5.74, 6) is -1.46. The third kappa shape index (κ3) is 2.74. The summed E-state index contributed by atoms with van der Waals surface area (Å²) in [6, 6.07) is 4.73. The number of hydrogen-bond donors (Lipinski definition) is 0. The first-order valence-electron chi connectivity index (χ1n) is 6.12. The van der Waals surface area contributed by atoms with Gasteiger partial charge >= 0.3 is 6.18 Å². The second kappa shape index (κ2) is 5.53. The maximum absolute atomic E-state index is 13.0. The van der Waals surface area contributed by atoms with Crippen molar-refractivity contribution in [2.75, 3.05) is 14.1 Å². The number of halogens is 3.